The molecule has 80 valence electrons. The van der Waals surface area contributed by atoms with Gasteiger partial charge in [-0.15, -0.1) is 12.4 Å². The molecule has 15 heavy (non-hydrogen) atoms. The Hall–Kier alpha value is -1.04. The normalized spacial score (nSPS) is 16.3. The van der Waals surface area contributed by atoms with Crippen LogP contribution >= 0.6 is 12.4 Å². The molecule has 1 aromatic carbocycles. The van der Waals surface area contributed by atoms with Crippen molar-refractivity contribution in [3.05, 3.63) is 35.4 Å². The van der Waals surface area contributed by atoms with E-state index in [1.54, 1.807) is 0 Å². The van der Waals surface area contributed by atoms with Crippen LogP contribution in [0.5, 0.6) is 0 Å². The Morgan fingerprint density at radius 2 is 2.20 bits per heavy atom. The van der Waals surface area contributed by atoms with E-state index < -0.39 is 0 Å². The minimum Gasteiger partial charge on any atom is -0.324 e. The van der Waals surface area contributed by atoms with Crippen LogP contribution in [0.15, 0.2) is 24.3 Å². The van der Waals surface area contributed by atoms with E-state index in [9.17, 15) is 0 Å². The highest BCUT2D eigenvalue weighted by Crippen LogP contribution is 2.36. The van der Waals surface area contributed by atoms with Crippen molar-refractivity contribution in [3.8, 4) is 6.07 Å². The van der Waals surface area contributed by atoms with Crippen molar-refractivity contribution in [3.63, 3.8) is 0 Å². The standard InChI is InChI=1S/C12H14N2.ClH/c13-8-10-2-1-3-11(6-10)12(14)7-9-4-5-9;/h1-3,6,9,12H,4-5,7,14H2;1H/t12-;/m0./s1. The molecule has 2 nitrogen and oxygen atoms in total. The summed E-state index contributed by atoms with van der Waals surface area (Å²) in [5.74, 6) is 0.829. The summed E-state index contributed by atoms with van der Waals surface area (Å²) in [6.07, 6.45) is 3.71. The van der Waals surface area contributed by atoms with Gasteiger partial charge in [0.05, 0.1) is 11.6 Å². The number of rotatable bonds is 3. The maximum absolute atomic E-state index is 8.75. The van der Waals surface area contributed by atoms with E-state index in [0.29, 0.717) is 5.56 Å². The van der Waals surface area contributed by atoms with Gasteiger partial charge in [0.1, 0.15) is 0 Å². The van der Waals surface area contributed by atoms with Crippen LogP contribution in [-0.4, -0.2) is 0 Å². The van der Waals surface area contributed by atoms with Gasteiger partial charge in [0.25, 0.3) is 0 Å². The number of nitrogens with zero attached hydrogens (tertiary/aromatic N) is 1. The first-order valence-corrected chi connectivity index (χ1v) is 5.05. The van der Waals surface area contributed by atoms with Crippen LogP contribution in [0.25, 0.3) is 0 Å². The molecule has 0 spiro atoms. The molecule has 1 aromatic rings. The van der Waals surface area contributed by atoms with Crippen molar-refractivity contribution in [2.45, 2.75) is 25.3 Å². The van der Waals surface area contributed by atoms with Gasteiger partial charge in [0.2, 0.25) is 0 Å². The first kappa shape index (κ1) is 12.0. The van der Waals surface area contributed by atoms with Crippen molar-refractivity contribution in [2.24, 2.45) is 11.7 Å². The number of hydrogen-bond donors (Lipinski definition) is 1. The van der Waals surface area contributed by atoms with Crippen molar-refractivity contribution in [1.82, 2.24) is 0 Å². The molecule has 1 fully saturated rings. The lowest BCUT2D eigenvalue weighted by Crippen LogP contribution is -2.10. The van der Waals surface area contributed by atoms with Crippen LogP contribution in [-0.2, 0) is 0 Å². The van der Waals surface area contributed by atoms with E-state index in [1.807, 2.05) is 24.3 Å². The fourth-order valence-electron chi connectivity index (χ4n) is 1.69. The number of hydrogen-bond acceptors (Lipinski definition) is 2. The fourth-order valence-corrected chi connectivity index (χ4v) is 1.69. The third-order valence-electron chi connectivity index (χ3n) is 2.73. The molecule has 2 rings (SSSR count). The summed E-state index contributed by atoms with van der Waals surface area (Å²) in [6, 6.07) is 9.86. The average molecular weight is 223 g/mol. The molecule has 1 atom stereocenters. The van der Waals surface area contributed by atoms with Crippen molar-refractivity contribution in [1.29, 1.82) is 5.26 Å². The summed E-state index contributed by atoms with van der Waals surface area (Å²) in [6.45, 7) is 0. The van der Waals surface area contributed by atoms with E-state index in [1.165, 1.54) is 12.8 Å². The molecule has 0 aliphatic heterocycles. The van der Waals surface area contributed by atoms with E-state index >= 15 is 0 Å². The molecule has 0 unspecified atom stereocenters. The molecular formula is C12H15ClN2. The highest BCUT2D eigenvalue weighted by atomic mass is 35.5. The van der Waals surface area contributed by atoms with Crippen molar-refractivity contribution >= 4 is 12.4 Å². The predicted molar refractivity (Wildman–Crippen MR) is 62.7 cm³/mol. The summed E-state index contributed by atoms with van der Waals surface area (Å²) in [5, 5.41) is 8.75. The lowest BCUT2D eigenvalue weighted by Gasteiger charge is -2.11. The van der Waals surface area contributed by atoms with Gasteiger partial charge in [-0.25, -0.2) is 0 Å². The maximum Gasteiger partial charge on any atom is 0.0991 e. The summed E-state index contributed by atoms with van der Waals surface area (Å²) in [4.78, 5) is 0. The quantitative estimate of drug-likeness (QED) is 0.855. The Balaban J connectivity index is 0.00000112. The average Bonchev–Trinajstić information content (AvgIpc) is 3.02. The van der Waals surface area contributed by atoms with Gasteiger partial charge in [-0.1, -0.05) is 25.0 Å². The summed E-state index contributed by atoms with van der Waals surface area (Å²) in [5.41, 5.74) is 7.85. The first-order chi connectivity index (χ1) is 6.79. The molecule has 3 heteroatoms. The Morgan fingerprint density at radius 1 is 1.47 bits per heavy atom. The molecule has 1 saturated carbocycles. The minimum absolute atomic E-state index is 0. The van der Waals surface area contributed by atoms with Gasteiger partial charge in [-0.3, -0.25) is 0 Å². The van der Waals surface area contributed by atoms with Gasteiger partial charge in [-0.2, -0.15) is 5.26 Å². The molecule has 0 heterocycles. The molecular weight excluding hydrogens is 208 g/mol. The third-order valence-corrected chi connectivity index (χ3v) is 2.73. The highest BCUT2D eigenvalue weighted by molar-refractivity contribution is 5.85. The second kappa shape index (κ2) is 5.16. The molecule has 1 aliphatic rings. The fraction of sp³-hybridized carbons (Fsp3) is 0.417. The van der Waals surface area contributed by atoms with E-state index in [2.05, 4.69) is 6.07 Å². The van der Waals surface area contributed by atoms with Crippen LogP contribution in [0.1, 0.15) is 36.4 Å². The van der Waals surface area contributed by atoms with Gasteiger partial charge in [-0.05, 0) is 30.0 Å². The molecule has 1 aliphatic carbocycles. The molecule has 0 amide bonds. The van der Waals surface area contributed by atoms with Crippen LogP contribution < -0.4 is 5.73 Å². The van der Waals surface area contributed by atoms with E-state index in [-0.39, 0.29) is 18.4 Å². The Morgan fingerprint density at radius 3 is 2.80 bits per heavy atom. The molecule has 0 aromatic heterocycles. The lowest BCUT2D eigenvalue weighted by atomic mass is 10.0. The first-order valence-electron chi connectivity index (χ1n) is 5.05. The maximum atomic E-state index is 8.75. The van der Waals surface area contributed by atoms with Crippen LogP contribution in [0.2, 0.25) is 0 Å². The summed E-state index contributed by atoms with van der Waals surface area (Å²) >= 11 is 0. The van der Waals surface area contributed by atoms with Gasteiger partial charge >= 0.3 is 0 Å². The Bertz CT molecular complexity index is 366. The summed E-state index contributed by atoms with van der Waals surface area (Å²) < 4.78 is 0. The second-order valence-corrected chi connectivity index (χ2v) is 4.02. The zero-order valence-corrected chi connectivity index (χ0v) is 9.33. The van der Waals surface area contributed by atoms with Gasteiger partial charge in [0.15, 0.2) is 0 Å². The molecule has 2 N–H and O–H groups in total. The van der Waals surface area contributed by atoms with Crippen LogP contribution in [0.4, 0.5) is 0 Å². The number of benzene rings is 1. The third kappa shape index (κ3) is 3.23. The topological polar surface area (TPSA) is 49.8 Å². The minimum atomic E-state index is 0. The Kier molecular flexibility index (Phi) is 4.14. The van der Waals surface area contributed by atoms with Crippen molar-refractivity contribution in [2.75, 3.05) is 0 Å². The number of nitriles is 1. The van der Waals surface area contributed by atoms with Gasteiger partial charge < -0.3 is 5.73 Å². The largest absolute Gasteiger partial charge is 0.324 e. The highest BCUT2D eigenvalue weighted by Gasteiger charge is 2.24. The SMILES string of the molecule is Cl.N#Cc1cccc([C@@H](N)CC2CC2)c1. The van der Waals surface area contributed by atoms with Gasteiger partial charge in [0, 0.05) is 6.04 Å². The number of halogens is 1. The lowest BCUT2D eigenvalue weighted by molar-refractivity contribution is 0.597. The molecule has 0 bridgehead atoms. The number of nitrogens with two attached hydrogens (primary N) is 1. The monoisotopic (exact) mass is 222 g/mol. The van der Waals surface area contributed by atoms with Crippen LogP contribution in [0, 0.1) is 17.2 Å². The smallest absolute Gasteiger partial charge is 0.0991 e. The van der Waals surface area contributed by atoms with Crippen LogP contribution in [0.3, 0.4) is 0 Å². The zero-order valence-electron chi connectivity index (χ0n) is 8.52. The zero-order chi connectivity index (χ0) is 9.97. The predicted octanol–water partition coefficient (Wildman–Crippen LogP) is 2.78. The molecule has 0 saturated heterocycles. The Labute approximate surface area is 96.5 Å². The summed E-state index contributed by atoms with van der Waals surface area (Å²) in [7, 11) is 0. The van der Waals surface area contributed by atoms with E-state index in [0.717, 1.165) is 17.9 Å². The van der Waals surface area contributed by atoms with Crippen molar-refractivity contribution < 1.29 is 0 Å². The second-order valence-electron chi connectivity index (χ2n) is 4.02. The molecule has 0 radical (unpaired) electrons. The van der Waals surface area contributed by atoms with E-state index in [4.69, 9.17) is 11.0 Å².